The Morgan fingerprint density at radius 1 is 0.365 bits per heavy atom. The Morgan fingerprint density at radius 3 is 1.65 bits per heavy atom. The van der Waals surface area contributed by atoms with Crippen LogP contribution in [0.4, 0.5) is 0 Å². The third kappa shape index (κ3) is 4.92. The molecule has 0 saturated heterocycles. The Hall–Kier alpha value is -6.45. The Kier molecular flexibility index (Phi) is 6.91. The molecule has 0 atom stereocenters. The van der Waals surface area contributed by atoms with E-state index in [1.165, 1.54) is 61.2 Å². The van der Waals surface area contributed by atoms with Crippen LogP contribution in [0.3, 0.4) is 0 Å². The number of aromatic nitrogens is 3. The minimum atomic E-state index is -0.0256. The van der Waals surface area contributed by atoms with Gasteiger partial charge in [-0.15, -0.1) is 0 Å². The minimum Gasteiger partial charge on any atom is -0.208 e. The van der Waals surface area contributed by atoms with Crippen molar-refractivity contribution in [1.82, 2.24) is 15.0 Å². The summed E-state index contributed by atoms with van der Waals surface area (Å²) >= 11 is 0. The molecule has 0 aliphatic heterocycles. The quantitative estimate of drug-likeness (QED) is 0.184. The van der Waals surface area contributed by atoms with Gasteiger partial charge in [0.25, 0.3) is 0 Å². The zero-order chi connectivity index (χ0) is 34.8. The molecule has 0 spiro atoms. The lowest BCUT2D eigenvalue weighted by molar-refractivity contribution is 0.660. The summed E-state index contributed by atoms with van der Waals surface area (Å²) in [4.78, 5) is 14.9. The maximum absolute atomic E-state index is 5.00. The van der Waals surface area contributed by atoms with Gasteiger partial charge in [0.2, 0.25) is 0 Å². The van der Waals surface area contributed by atoms with Crippen molar-refractivity contribution in [2.45, 2.75) is 25.7 Å². The largest absolute Gasteiger partial charge is 0.208 e. The average Bonchev–Trinajstić information content (AvgIpc) is 3.70. The number of benzene rings is 7. The molecular weight excluding hydrogens is 631 g/mol. The van der Waals surface area contributed by atoms with Gasteiger partial charge < -0.3 is 0 Å². The van der Waals surface area contributed by atoms with E-state index >= 15 is 0 Å². The standard InChI is InChI=1S/C49H35N3/c1-49(2)44-22-10-9-19-40(44)41-26-25-34(30-45(41)49)33-23-24-36-29-43-38(20-12-21-39(43)42(36)28-33)35-17-11-18-37(27-35)48-51-46(31-13-5-3-6-14-31)50-47(52-48)32-15-7-4-8-16-32/h3-28,30H,29H2,1-2H3. The first-order valence-corrected chi connectivity index (χ1v) is 18.0. The molecule has 0 fully saturated rings. The van der Waals surface area contributed by atoms with Crippen molar-refractivity contribution in [3.63, 3.8) is 0 Å². The summed E-state index contributed by atoms with van der Waals surface area (Å²) in [6.07, 6.45) is 0.903. The van der Waals surface area contributed by atoms with Gasteiger partial charge in [0.15, 0.2) is 17.5 Å². The van der Waals surface area contributed by atoms with Gasteiger partial charge in [0.05, 0.1) is 0 Å². The fourth-order valence-corrected chi connectivity index (χ4v) is 8.30. The molecule has 0 unspecified atom stereocenters. The van der Waals surface area contributed by atoms with Crippen molar-refractivity contribution < 1.29 is 0 Å². The smallest absolute Gasteiger partial charge is 0.164 e. The molecule has 0 bridgehead atoms. The molecular formula is C49H35N3. The summed E-state index contributed by atoms with van der Waals surface area (Å²) in [6, 6.07) is 58.6. The number of rotatable bonds is 5. The molecule has 0 N–H and O–H groups in total. The zero-order valence-electron chi connectivity index (χ0n) is 29.1. The Labute approximate surface area is 304 Å². The van der Waals surface area contributed by atoms with Gasteiger partial charge in [-0.05, 0) is 91.4 Å². The lowest BCUT2D eigenvalue weighted by Crippen LogP contribution is -2.14. The normalized spacial score (nSPS) is 13.3. The number of hydrogen-bond donors (Lipinski definition) is 0. The van der Waals surface area contributed by atoms with Gasteiger partial charge in [0.1, 0.15) is 0 Å². The van der Waals surface area contributed by atoms with E-state index in [0.29, 0.717) is 17.5 Å². The van der Waals surface area contributed by atoms with Crippen molar-refractivity contribution >= 4 is 0 Å². The molecule has 246 valence electrons. The van der Waals surface area contributed by atoms with Crippen molar-refractivity contribution in [2.75, 3.05) is 0 Å². The van der Waals surface area contributed by atoms with E-state index in [-0.39, 0.29) is 5.41 Å². The van der Waals surface area contributed by atoms with Crippen LogP contribution in [0.2, 0.25) is 0 Å². The lowest BCUT2D eigenvalue weighted by Gasteiger charge is -2.22. The Balaban J connectivity index is 1.03. The molecule has 0 radical (unpaired) electrons. The van der Waals surface area contributed by atoms with E-state index in [1.54, 1.807) is 0 Å². The third-order valence-corrected chi connectivity index (χ3v) is 11.0. The second-order valence-corrected chi connectivity index (χ2v) is 14.4. The first kappa shape index (κ1) is 30.4. The van der Waals surface area contributed by atoms with Crippen molar-refractivity contribution in [1.29, 1.82) is 0 Å². The SMILES string of the molecule is CC1(C)c2ccccc2-c2ccc(-c3ccc4c(c3)-c3cccc(-c5cccc(-c6nc(-c7ccccc7)nc(-c7ccccc7)n6)c5)c3C4)cc21. The molecule has 2 aliphatic rings. The van der Waals surface area contributed by atoms with Gasteiger partial charge in [-0.3, -0.25) is 0 Å². The zero-order valence-corrected chi connectivity index (χ0v) is 29.1. The van der Waals surface area contributed by atoms with Crippen LogP contribution >= 0.6 is 0 Å². The molecule has 8 aromatic rings. The second-order valence-electron chi connectivity index (χ2n) is 14.4. The fraction of sp³-hybridized carbons (Fsp3) is 0.0816. The molecule has 0 amide bonds. The van der Waals surface area contributed by atoms with E-state index in [4.69, 9.17) is 15.0 Å². The van der Waals surface area contributed by atoms with Crippen LogP contribution < -0.4 is 0 Å². The molecule has 0 saturated carbocycles. The first-order valence-electron chi connectivity index (χ1n) is 18.0. The van der Waals surface area contributed by atoms with Gasteiger partial charge in [-0.1, -0.05) is 159 Å². The summed E-state index contributed by atoms with van der Waals surface area (Å²) < 4.78 is 0. The minimum absolute atomic E-state index is 0.0256. The Bertz CT molecular complexity index is 2620. The van der Waals surface area contributed by atoms with Crippen molar-refractivity contribution in [2.24, 2.45) is 0 Å². The number of fused-ring (bicyclic) bond motifs is 6. The summed E-state index contributed by atoms with van der Waals surface area (Å²) in [7, 11) is 0. The predicted octanol–water partition coefficient (Wildman–Crippen LogP) is 12.1. The summed E-state index contributed by atoms with van der Waals surface area (Å²) in [5.74, 6) is 1.99. The van der Waals surface area contributed by atoms with Crippen LogP contribution in [-0.4, -0.2) is 15.0 Å². The van der Waals surface area contributed by atoms with Crippen LogP contribution in [-0.2, 0) is 11.8 Å². The predicted molar refractivity (Wildman–Crippen MR) is 213 cm³/mol. The van der Waals surface area contributed by atoms with E-state index in [2.05, 4.69) is 117 Å². The van der Waals surface area contributed by atoms with E-state index < -0.39 is 0 Å². The topological polar surface area (TPSA) is 38.7 Å². The highest BCUT2D eigenvalue weighted by Gasteiger charge is 2.35. The summed E-state index contributed by atoms with van der Waals surface area (Å²) in [5, 5.41) is 0. The number of nitrogens with zero attached hydrogens (tertiary/aromatic N) is 3. The highest BCUT2D eigenvalue weighted by Crippen LogP contribution is 2.50. The molecule has 52 heavy (non-hydrogen) atoms. The van der Waals surface area contributed by atoms with E-state index in [0.717, 1.165) is 28.7 Å². The molecule has 2 aliphatic carbocycles. The van der Waals surface area contributed by atoms with E-state index in [9.17, 15) is 0 Å². The van der Waals surface area contributed by atoms with Crippen LogP contribution in [0.25, 0.3) is 78.7 Å². The van der Waals surface area contributed by atoms with Crippen LogP contribution in [0.5, 0.6) is 0 Å². The highest BCUT2D eigenvalue weighted by atomic mass is 15.0. The van der Waals surface area contributed by atoms with Crippen molar-refractivity contribution in [3.05, 3.63) is 186 Å². The summed E-state index contributed by atoms with van der Waals surface area (Å²) in [6.45, 7) is 4.70. The molecule has 3 heteroatoms. The highest BCUT2D eigenvalue weighted by molar-refractivity contribution is 5.89. The van der Waals surface area contributed by atoms with Crippen LogP contribution in [0.1, 0.15) is 36.1 Å². The molecule has 1 aromatic heterocycles. The monoisotopic (exact) mass is 665 g/mol. The van der Waals surface area contributed by atoms with Crippen LogP contribution in [0, 0.1) is 0 Å². The van der Waals surface area contributed by atoms with Crippen LogP contribution in [0.15, 0.2) is 164 Å². The maximum atomic E-state index is 5.00. The van der Waals surface area contributed by atoms with Gasteiger partial charge in [-0.2, -0.15) is 0 Å². The molecule has 7 aromatic carbocycles. The molecule has 10 rings (SSSR count). The van der Waals surface area contributed by atoms with Gasteiger partial charge in [0, 0.05) is 22.1 Å². The summed E-state index contributed by atoms with van der Waals surface area (Å²) in [5.41, 5.74) is 18.7. The average molecular weight is 666 g/mol. The second kappa shape index (κ2) is 11.8. The van der Waals surface area contributed by atoms with E-state index in [1.807, 2.05) is 60.7 Å². The van der Waals surface area contributed by atoms with Gasteiger partial charge >= 0.3 is 0 Å². The lowest BCUT2D eigenvalue weighted by atomic mass is 9.81. The molecule has 1 heterocycles. The fourth-order valence-electron chi connectivity index (χ4n) is 8.30. The van der Waals surface area contributed by atoms with Gasteiger partial charge in [-0.25, -0.2) is 15.0 Å². The third-order valence-electron chi connectivity index (χ3n) is 11.0. The number of hydrogen-bond acceptors (Lipinski definition) is 3. The van der Waals surface area contributed by atoms with Crippen molar-refractivity contribution in [3.8, 4) is 78.7 Å². The first-order chi connectivity index (χ1) is 25.5. The molecule has 3 nitrogen and oxygen atoms in total. The Morgan fingerprint density at radius 2 is 0.904 bits per heavy atom. The maximum Gasteiger partial charge on any atom is 0.164 e.